The molecule has 0 amide bonds. The molecular weight excluding hydrogens is 303 g/mol. The highest BCUT2D eigenvalue weighted by atomic mass is 32.2. The molecule has 2 aliphatic heterocycles. The largest absolute Gasteiger partial charge is 0.509 e. The Morgan fingerprint density at radius 2 is 1.95 bits per heavy atom. The number of benzene rings is 1. The molecule has 3 rings (SSSR count). The molecule has 0 saturated carbocycles. The van der Waals surface area contributed by atoms with Gasteiger partial charge in [0.2, 0.25) is 10.0 Å². The van der Waals surface area contributed by atoms with Crippen molar-refractivity contribution in [2.45, 2.75) is 17.9 Å². The summed E-state index contributed by atoms with van der Waals surface area (Å²) in [7, 11) is 3.76. The van der Waals surface area contributed by atoms with E-state index in [2.05, 4.69) is 14.1 Å². The lowest BCUT2D eigenvalue weighted by molar-refractivity contribution is -0.812. The van der Waals surface area contributed by atoms with Crippen LogP contribution < -0.4 is 5.46 Å². The first-order valence-corrected chi connectivity index (χ1v) is 8.96. The van der Waals surface area contributed by atoms with E-state index in [1.807, 2.05) is 6.07 Å². The van der Waals surface area contributed by atoms with Crippen LogP contribution in [0.15, 0.2) is 23.1 Å². The van der Waals surface area contributed by atoms with Gasteiger partial charge in [0.05, 0.1) is 4.90 Å². The topological polar surface area (TPSA) is 55.8 Å². The first-order valence-electron chi connectivity index (χ1n) is 7.52. The van der Waals surface area contributed by atoms with Gasteiger partial charge in [0.15, 0.2) is 0 Å². The SMILES string of the molecule is CN(C)S(=O)(=O)c1cccc2c1CO[B-]21OCCC[N+]1(C)C. The average Bonchev–Trinajstić information content (AvgIpc) is 2.82. The van der Waals surface area contributed by atoms with E-state index in [1.54, 1.807) is 26.2 Å². The Bertz CT molecular complexity index is 705. The fraction of sp³-hybridized carbons (Fsp3) is 0.571. The van der Waals surface area contributed by atoms with E-state index in [1.165, 1.54) is 4.31 Å². The molecule has 6 nitrogen and oxygen atoms in total. The molecule has 122 valence electrons. The monoisotopic (exact) mass is 326 g/mol. The molecule has 0 aromatic heterocycles. The summed E-state index contributed by atoms with van der Waals surface area (Å²) in [6.45, 7) is 0.181. The van der Waals surface area contributed by atoms with Crippen LogP contribution in [0.5, 0.6) is 0 Å². The Hall–Kier alpha value is -0.925. The molecule has 22 heavy (non-hydrogen) atoms. The zero-order valence-electron chi connectivity index (χ0n) is 13.6. The smallest absolute Gasteiger partial charge is 0.502 e. The van der Waals surface area contributed by atoms with Crippen molar-refractivity contribution in [1.29, 1.82) is 0 Å². The second-order valence-electron chi connectivity index (χ2n) is 6.82. The molecule has 0 aliphatic carbocycles. The van der Waals surface area contributed by atoms with Crippen molar-refractivity contribution in [1.82, 2.24) is 4.31 Å². The van der Waals surface area contributed by atoms with Crippen molar-refractivity contribution in [3.05, 3.63) is 23.8 Å². The van der Waals surface area contributed by atoms with Gasteiger partial charge >= 0.3 is 6.69 Å². The normalized spacial score (nSPS) is 27.3. The number of quaternary nitrogens is 1. The first kappa shape index (κ1) is 16.0. The molecular formula is C14H23BN2O4S. The van der Waals surface area contributed by atoms with E-state index in [-0.39, 0.29) is 6.61 Å². The number of rotatable bonds is 2. The zero-order valence-corrected chi connectivity index (χ0v) is 14.4. The fourth-order valence-corrected chi connectivity index (χ4v) is 4.74. The highest BCUT2D eigenvalue weighted by molar-refractivity contribution is 7.89. The fourth-order valence-electron chi connectivity index (χ4n) is 3.61. The second kappa shape index (κ2) is 5.04. The minimum atomic E-state index is -3.49. The van der Waals surface area contributed by atoms with E-state index in [0.29, 0.717) is 15.9 Å². The lowest BCUT2D eigenvalue weighted by atomic mass is 9.59. The van der Waals surface area contributed by atoms with Gasteiger partial charge in [0.1, 0.15) is 0 Å². The van der Waals surface area contributed by atoms with Gasteiger partial charge in [0.25, 0.3) is 0 Å². The predicted octanol–water partition coefficient (Wildman–Crippen LogP) is 0.110. The molecule has 2 heterocycles. The summed E-state index contributed by atoms with van der Waals surface area (Å²) in [6, 6.07) is 5.38. The molecule has 0 N–H and O–H groups in total. The number of hydrogen-bond acceptors (Lipinski definition) is 4. The van der Waals surface area contributed by atoms with Gasteiger partial charge in [-0.15, -0.1) is 0 Å². The minimum absolute atomic E-state index is 0.278. The van der Waals surface area contributed by atoms with Gasteiger partial charge in [-0.05, 0) is 11.6 Å². The number of sulfonamides is 1. The molecule has 1 saturated heterocycles. The van der Waals surface area contributed by atoms with Crippen LogP contribution >= 0.6 is 0 Å². The lowest BCUT2D eigenvalue weighted by Crippen LogP contribution is -2.74. The molecule has 1 aromatic rings. The molecule has 1 spiro atoms. The van der Waals surface area contributed by atoms with Crippen molar-refractivity contribution in [3.8, 4) is 0 Å². The quantitative estimate of drug-likeness (QED) is 0.724. The maximum Gasteiger partial charge on any atom is 0.502 e. The van der Waals surface area contributed by atoms with Crippen LogP contribution in [-0.2, 0) is 25.9 Å². The Kier molecular flexibility index (Phi) is 3.65. The summed E-state index contributed by atoms with van der Waals surface area (Å²) in [5, 5.41) is 0. The van der Waals surface area contributed by atoms with E-state index < -0.39 is 16.7 Å². The minimum Gasteiger partial charge on any atom is -0.509 e. The standard InChI is InChI=1S/C14H23BN2O4S/c1-16(2)22(18,19)14-8-5-7-13-12(14)11-21-15(13)17(3,4)9-6-10-20-15/h5,7-8H,6,9-11H2,1-4H3. The maximum absolute atomic E-state index is 12.6. The summed E-state index contributed by atoms with van der Waals surface area (Å²) in [5.74, 6) is 0. The number of fused-ring (bicyclic) bond motifs is 2. The van der Waals surface area contributed by atoms with E-state index in [0.717, 1.165) is 24.0 Å². The average molecular weight is 326 g/mol. The highest BCUT2D eigenvalue weighted by Crippen LogP contribution is 2.33. The third-order valence-electron chi connectivity index (χ3n) is 4.92. The molecule has 1 aromatic carbocycles. The van der Waals surface area contributed by atoms with Gasteiger partial charge in [-0.3, -0.25) is 0 Å². The van der Waals surface area contributed by atoms with Crippen LogP contribution in [-0.4, -0.2) is 65.1 Å². The van der Waals surface area contributed by atoms with Crippen LogP contribution in [0.1, 0.15) is 12.0 Å². The van der Waals surface area contributed by atoms with E-state index in [4.69, 9.17) is 9.31 Å². The molecule has 0 bridgehead atoms. The number of hydrogen-bond donors (Lipinski definition) is 0. The summed E-state index contributed by atoms with van der Waals surface area (Å²) in [4.78, 5) is 0.322. The highest BCUT2D eigenvalue weighted by Gasteiger charge is 2.54. The lowest BCUT2D eigenvalue weighted by Gasteiger charge is -2.55. The molecule has 0 radical (unpaired) electrons. The van der Waals surface area contributed by atoms with Crippen LogP contribution in [0.3, 0.4) is 0 Å². The zero-order chi connectivity index (χ0) is 16.2. The summed E-state index contributed by atoms with van der Waals surface area (Å²) in [6.07, 6.45) is 0.977. The van der Waals surface area contributed by atoms with Crippen molar-refractivity contribution in [3.63, 3.8) is 0 Å². The molecule has 1 atom stereocenters. The van der Waals surface area contributed by atoms with Crippen LogP contribution in [0.4, 0.5) is 0 Å². The van der Waals surface area contributed by atoms with Gasteiger partial charge in [-0.1, -0.05) is 17.6 Å². The van der Waals surface area contributed by atoms with Gasteiger partial charge in [-0.25, -0.2) is 12.7 Å². The summed E-state index contributed by atoms with van der Waals surface area (Å²) < 4.78 is 39.2. The molecule has 2 aliphatic rings. The Labute approximate surface area is 132 Å². The third kappa shape index (κ3) is 2.05. The van der Waals surface area contributed by atoms with E-state index >= 15 is 0 Å². The Balaban J connectivity index is 2.19. The molecule has 8 heteroatoms. The van der Waals surface area contributed by atoms with Gasteiger partial charge < -0.3 is 13.7 Å². The summed E-state index contributed by atoms with van der Waals surface area (Å²) >= 11 is 0. The number of nitrogens with zero attached hydrogens (tertiary/aromatic N) is 2. The van der Waals surface area contributed by atoms with Crippen molar-refractivity contribution < 1.29 is 22.1 Å². The van der Waals surface area contributed by atoms with Crippen LogP contribution in [0, 0.1) is 0 Å². The maximum atomic E-state index is 12.6. The van der Waals surface area contributed by atoms with E-state index in [9.17, 15) is 8.42 Å². The Morgan fingerprint density at radius 1 is 1.23 bits per heavy atom. The van der Waals surface area contributed by atoms with Crippen LogP contribution in [0.2, 0.25) is 0 Å². The molecule has 1 unspecified atom stereocenters. The van der Waals surface area contributed by atoms with Crippen molar-refractivity contribution in [2.75, 3.05) is 41.3 Å². The van der Waals surface area contributed by atoms with Gasteiger partial charge in [0, 0.05) is 54.4 Å². The predicted molar refractivity (Wildman–Crippen MR) is 85.0 cm³/mol. The first-order chi connectivity index (χ1) is 10.2. The van der Waals surface area contributed by atoms with Gasteiger partial charge in [-0.2, -0.15) is 0 Å². The summed E-state index contributed by atoms with van der Waals surface area (Å²) in [5.41, 5.74) is 1.64. The molecule has 1 fully saturated rings. The Morgan fingerprint density at radius 3 is 2.59 bits per heavy atom. The van der Waals surface area contributed by atoms with Crippen molar-refractivity contribution in [2.24, 2.45) is 0 Å². The third-order valence-corrected chi connectivity index (χ3v) is 6.82. The van der Waals surface area contributed by atoms with Crippen LogP contribution in [0.25, 0.3) is 0 Å². The second-order valence-corrected chi connectivity index (χ2v) is 8.94. The van der Waals surface area contributed by atoms with Crippen molar-refractivity contribution >= 4 is 22.2 Å².